The molecule has 1 aliphatic rings. The Balaban J connectivity index is 1.78. The average Bonchev–Trinajstić information content (AvgIpc) is 2.86. The summed E-state index contributed by atoms with van der Waals surface area (Å²) in [4.78, 5) is 10.7. The molecule has 0 spiro atoms. The Hall–Kier alpha value is -1.95. The Kier molecular flexibility index (Phi) is 3.16. The van der Waals surface area contributed by atoms with Gasteiger partial charge in [0.2, 0.25) is 0 Å². The number of nitrogens with zero attached hydrogens (tertiary/aromatic N) is 4. The summed E-state index contributed by atoms with van der Waals surface area (Å²) < 4.78 is 5.10. The number of rotatable bonds is 2. The zero-order valence-electron chi connectivity index (χ0n) is 10.8. The molecule has 1 N–H and O–H groups in total. The standard InChI is InChI=1S/C13H16N4O2/c1-9-15-13(19-16-9)10-4-5-12(14-7-10)17-6-2-3-11(18)8-17/h4-5,7,11,18H,2-3,6,8H2,1H3. The first-order valence-corrected chi connectivity index (χ1v) is 6.42. The van der Waals surface area contributed by atoms with Crippen molar-refractivity contribution in [2.75, 3.05) is 18.0 Å². The maximum absolute atomic E-state index is 9.67. The molecule has 0 radical (unpaired) electrons. The van der Waals surface area contributed by atoms with Gasteiger partial charge in [0.1, 0.15) is 5.82 Å². The van der Waals surface area contributed by atoms with Gasteiger partial charge in [0.05, 0.1) is 11.7 Å². The number of anilines is 1. The summed E-state index contributed by atoms with van der Waals surface area (Å²) in [5.74, 6) is 1.96. The first-order chi connectivity index (χ1) is 9.22. The number of aliphatic hydroxyl groups is 1. The number of hydrogen-bond donors (Lipinski definition) is 1. The fraction of sp³-hybridized carbons (Fsp3) is 0.462. The van der Waals surface area contributed by atoms with E-state index in [2.05, 4.69) is 20.0 Å². The van der Waals surface area contributed by atoms with E-state index in [-0.39, 0.29) is 6.10 Å². The first kappa shape index (κ1) is 12.1. The second-order valence-electron chi connectivity index (χ2n) is 4.79. The number of aryl methyl sites for hydroxylation is 1. The molecule has 0 aliphatic carbocycles. The summed E-state index contributed by atoms with van der Waals surface area (Å²) in [6, 6.07) is 3.84. The van der Waals surface area contributed by atoms with E-state index in [1.807, 2.05) is 12.1 Å². The van der Waals surface area contributed by atoms with E-state index in [0.717, 1.165) is 30.8 Å². The van der Waals surface area contributed by atoms with E-state index in [9.17, 15) is 5.11 Å². The van der Waals surface area contributed by atoms with E-state index in [1.165, 1.54) is 0 Å². The fourth-order valence-electron chi connectivity index (χ4n) is 2.28. The highest BCUT2D eigenvalue weighted by Crippen LogP contribution is 2.21. The SMILES string of the molecule is Cc1noc(-c2ccc(N3CCCC(O)C3)nc2)n1. The fourth-order valence-corrected chi connectivity index (χ4v) is 2.28. The molecule has 1 fully saturated rings. The molecule has 3 rings (SSSR count). The van der Waals surface area contributed by atoms with Gasteiger partial charge in [-0.1, -0.05) is 5.16 Å². The molecule has 100 valence electrons. The van der Waals surface area contributed by atoms with E-state index >= 15 is 0 Å². The van der Waals surface area contributed by atoms with Crippen LogP contribution in [0.1, 0.15) is 18.7 Å². The van der Waals surface area contributed by atoms with Crippen molar-refractivity contribution < 1.29 is 9.63 Å². The molecule has 2 aromatic heterocycles. The molecule has 0 saturated carbocycles. The van der Waals surface area contributed by atoms with Crippen LogP contribution >= 0.6 is 0 Å². The molecule has 6 nitrogen and oxygen atoms in total. The molecule has 0 amide bonds. The molecule has 1 saturated heterocycles. The Labute approximate surface area is 111 Å². The number of piperidine rings is 1. The van der Waals surface area contributed by atoms with Crippen LogP contribution in [0.2, 0.25) is 0 Å². The summed E-state index contributed by atoms with van der Waals surface area (Å²) in [5.41, 5.74) is 0.807. The first-order valence-electron chi connectivity index (χ1n) is 6.42. The van der Waals surface area contributed by atoms with Crippen LogP contribution in [0, 0.1) is 6.92 Å². The average molecular weight is 260 g/mol. The smallest absolute Gasteiger partial charge is 0.259 e. The molecule has 3 heterocycles. The van der Waals surface area contributed by atoms with E-state index < -0.39 is 0 Å². The van der Waals surface area contributed by atoms with Crippen LogP contribution in [0.25, 0.3) is 11.5 Å². The van der Waals surface area contributed by atoms with E-state index in [0.29, 0.717) is 18.3 Å². The van der Waals surface area contributed by atoms with Gasteiger partial charge in [-0.15, -0.1) is 0 Å². The molecular weight excluding hydrogens is 244 g/mol. The maximum atomic E-state index is 9.67. The van der Waals surface area contributed by atoms with Crippen LogP contribution in [0.4, 0.5) is 5.82 Å². The molecule has 19 heavy (non-hydrogen) atoms. The summed E-state index contributed by atoms with van der Waals surface area (Å²) in [5, 5.41) is 13.4. The minimum atomic E-state index is -0.256. The highest BCUT2D eigenvalue weighted by atomic mass is 16.5. The number of hydrogen-bond acceptors (Lipinski definition) is 6. The summed E-state index contributed by atoms with van der Waals surface area (Å²) in [6.07, 6.45) is 3.33. The second-order valence-corrected chi connectivity index (χ2v) is 4.79. The third kappa shape index (κ3) is 2.58. The van der Waals surface area contributed by atoms with Crippen LogP contribution < -0.4 is 4.90 Å². The Morgan fingerprint density at radius 2 is 2.32 bits per heavy atom. The third-order valence-corrected chi connectivity index (χ3v) is 3.24. The van der Waals surface area contributed by atoms with Crippen molar-refractivity contribution in [3.63, 3.8) is 0 Å². The van der Waals surface area contributed by atoms with Crippen LogP contribution in [-0.2, 0) is 0 Å². The minimum absolute atomic E-state index is 0.256. The quantitative estimate of drug-likeness (QED) is 0.879. The Morgan fingerprint density at radius 3 is 2.95 bits per heavy atom. The van der Waals surface area contributed by atoms with Crippen molar-refractivity contribution in [2.45, 2.75) is 25.9 Å². The van der Waals surface area contributed by atoms with Crippen LogP contribution in [-0.4, -0.2) is 39.4 Å². The molecule has 6 heteroatoms. The lowest BCUT2D eigenvalue weighted by atomic mass is 10.1. The number of aromatic nitrogens is 3. The van der Waals surface area contributed by atoms with Gasteiger partial charge in [0, 0.05) is 19.3 Å². The van der Waals surface area contributed by atoms with Gasteiger partial charge in [-0.25, -0.2) is 4.98 Å². The predicted octanol–water partition coefficient (Wildman–Crippen LogP) is 1.40. The number of β-amino-alcohol motifs (C(OH)–C–C–N with tert-alkyl or cyclic N) is 1. The third-order valence-electron chi connectivity index (χ3n) is 3.24. The minimum Gasteiger partial charge on any atom is -0.391 e. The largest absolute Gasteiger partial charge is 0.391 e. The molecular formula is C13H16N4O2. The summed E-state index contributed by atoms with van der Waals surface area (Å²) in [6.45, 7) is 3.36. The topological polar surface area (TPSA) is 75.3 Å². The van der Waals surface area contributed by atoms with Gasteiger partial charge >= 0.3 is 0 Å². The van der Waals surface area contributed by atoms with Gasteiger partial charge in [-0.05, 0) is 31.9 Å². The number of aliphatic hydroxyl groups excluding tert-OH is 1. The summed E-state index contributed by atoms with van der Waals surface area (Å²) in [7, 11) is 0. The molecule has 1 unspecified atom stereocenters. The Bertz CT molecular complexity index is 552. The lowest BCUT2D eigenvalue weighted by Gasteiger charge is -2.30. The Morgan fingerprint density at radius 1 is 1.42 bits per heavy atom. The zero-order valence-corrected chi connectivity index (χ0v) is 10.8. The predicted molar refractivity (Wildman–Crippen MR) is 69.7 cm³/mol. The van der Waals surface area contributed by atoms with Crippen LogP contribution in [0.15, 0.2) is 22.9 Å². The maximum Gasteiger partial charge on any atom is 0.259 e. The normalized spacial score (nSPS) is 19.7. The van der Waals surface area contributed by atoms with Gasteiger partial charge < -0.3 is 14.5 Å². The number of pyridine rings is 1. The highest BCUT2D eigenvalue weighted by molar-refractivity contribution is 5.54. The van der Waals surface area contributed by atoms with E-state index in [1.54, 1.807) is 13.1 Å². The highest BCUT2D eigenvalue weighted by Gasteiger charge is 2.19. The van der Waals surface area contributed by atoms with Crippen molar-refractivity contribution >= 4 is 5.82 Å². The van der Waals surface area contributed by atoms with Crippen molar-refractivity contribution in [3.8, 4) is 11.5 Å². The van der Waals surface area contributed by atoms with Gasteiger partial charge in [0.25, 0.3) is 5.89 Å². The zero-order chi connectivity index (χ0) is 13.2. The van der Waals surface area contributed by atoms with Crippen molar-refractivity contribution in [1.82, 2.24) is 15.1 Å². The molecule has 0 aromatic carbocycles. The molecule has 1 atom stereocenters. The molecule has 0 bridgehead atoms. The van der Waals surface area contributed by atoms with Crippen LogP contribution in [0.5, 0.6) is 0 Å². The molecule has 2 aromatic rings. The van der Waals surface area contributed by atoms with E-state index in [4.69, 9.17) is 4.52 Å². The second kappa shape index (κ2) is 4.97. The van der Waals surface area contributed by atoms with Crippen molar-refractivity contribution in [3.05, 3.63) is 24.2 Å². The monoisotopic (exact) mass is 260 g/mol. The van der Waals surface area contributed by atoms with Crippen molar-refractivity contribution in [2.24, 2.45) is 0 Å². The van der Waals surface area contributed by atoms with Gasteiger partial charge in [-0.2, -0.15) is 4.98 Å². The van der Waals surface area contributed by atoms with Gasteiger partial charge in [0.15, 0.2) is 5.82 Å². The van der Waals surface area contributed by atoms with Crippen LogP contribution in [0.3, 0.4) is 0 Å². The lowest BCUT2D eigenvalue weighted by molar-refractivity contribution is 0.154. The lowest BCUT2D eigenvalue weighted by Crippen LogP contribution is -2.38. The van der Waals surface area contributed by atoms with Crippen molar-refractivity contribution in [1.29, 1.82) is 0 Å². The summed E-state index contributed by atoms with van der Waals surface area (Å²) >= 11 is 0. The molecule has 1 aliphatic heterocycles. The van der Waals surface area contributed by atoms with Gasteiger partial charge in [-0.3, -0.25) is 0 Å².